The Morgan fingerprint density at radius 2 is 2.00 bits per heavy atom. The van der Waals surface area contributed by atoms with Crippen LogP contribution in [-0.4, -0.2) is 25.9 Å². The van der Waals surface area contributed by atoms with Crippen molar-refractivity contribution >= 4 is 5.70 Å². The molecule has 0 aliphatic carbocycles. The molecule has 2 heterocycles. The molecule has 0 aromatic heterocycles. The van der Waals surface area contributed by atoms with Crippen molar-refractivity contribution in [2.75, 3.05) is 20.3 Å². The number of benzene rings is 2. The summed E-state index contributed by atoms with van der Waals surface area (Å²) in [5, 5.41) is 0. The molecule has 0 radical (unpaired) electrons. The second kappa shape index (κ2) is 6.78. The van der Waals surface area contributed by atoms with Gasteiger partial charge >= 0.3 is 0 Å². The Morgan fingerprint density at radius 3 is 2.76 bits per heavy atom. The van der Waals surface area contributed by atoms with E-state index in [1.54, 1.807) is 7.11 Å². The first-order valence-electron chi connectivity index (χ1n) is 8.38. The van der Waals surface area contributed by atoms with Gasteiger partial charge in [-0.1, -0.05) is 30.3 Å². The first kappa shape index (κ1) is 16.0. The smallest absolute Gasteiger partial charge is 0.162 e. The van der Waals surface area contributed by atoms with Gasteiger partial charge in [-0.25, -0.2) is 0 Å². The minimum atomic E-state index is -0.347. The first-order valence-corrected chi connectivity index (χ1v) is 8.38. The second-order valence-corrected chi connectivity index (χ2v) is 6.27. The molecular weight excluding hydrogens is 318 g/mol. The van der Waals surface area contributed by atoms with Crippen molar-refractivity contribution in [3.05, 3.63) is 65.7 Å². The van der Waals surface area contributed by atoms with Crippen LogP contribution in [0.4, 0.5) is 0 Å². The Bertz CT molecular complexity index is 767. The van der Waals surface area contributed by atoms with Gasteiger partial charge in [-0.05, 0) is 29.8 Å². The highest BCUT2D eigenvalue weighted by Crippen LogP contribution is 2.36. The van der Waals surface area contributed by atoms with E-state index in [1.165, 1.54) is 0 Å². The van der Waals surface area contributed by atoms with E-state index in [0.717, 1.165) is 29.9 Å². The van der Waals surface area contributed by atoms with Crippen LogP contribution in [0, 0.1) is 0 Å². The van der Waals surface area contributed by atoms with E-state index >= 15 is 0 Å². The van der Waals surface area contributed by atoms with E-state index < -0.39 is 0 Å². The summed E-state index contributed by atoms with van der Waals surface area (Å²) in [6.45, 7) is 1.79. The summed E-state index contributed by atoms with van der Waals surface area (Å²) in [5.41, 5.74) is 5.71. The van der Waals surface area contributed by atoms with Gasteiger partial charge in [0.2, 0.25) is 0 Å². The molecule has 5 heteroatoms. The highest BCUT2D eigenvalue weighted by atomic mass is 16.7. The number of ether oxygens (including phenoxy) is 3. The number of hydrogen-bond donors (Lipinski definition) is 1. The number of methoxy groups -OCH3 is 1. The van der Waals surface area contributed by atoms with Gasteiger partial charge < -0.3 is 14.2 Å². The zero-order chi connectivity index (χ0) is 17.1. The average molecular weight is 339 g/mol. The van der Waals surface area contributed by atoms with E-state index in [-0.39, 0.29) is 5.60 Å². The number of nitrogens with one attached hydrogen (secondary N) is 1. The van der Waals surface area contributed by atoms with Gasteiger partial charge in [-0.3, -0.25) is 10.3 Å². The zero-order valence-electron chi connectivity index (χ0n) is 14.2. The minimum absolute atomic E-state index is 0.347. The highest BCUT2D eigenvalue weighted by molar-refractivity contribution is 5.68. The van der Waals surface area contributed by atoms with Gasteiger partial charge in [-0.15, -0.1) is 0 Å². The molecule has 2 aliphatic heterocycles. The van der Waals surface area contributed by atoms with Crippen LogP contribution in [0.2, 0.25) is 0 Å². The molecular formula is C20H21NO4. The summed E-state index contributed by atoms with van der Waals surface area (Å²) in [6, 6.07) is 15.9. The Balaban J connectivity index is 1.56. The molecule has 5 nitrogen and oxygen atoms in total. The lowest BCUT2D eigenvalue weighted by molar-refractivity contribution is -0.0373. The predicted octanol–water partition coefficient (Wildman–Crippen LogP) is 3.31. The Hall–Kier alpha value is -2.50. The average Bonchev–Trinajstić information content (AvgIpc) is 3.31. The molecule has 2 aliphatic rings. The summed E-state index contributed by atoms with van der Waals surface area (Å²) >= 11 is 0. The van der Waals surface area contributed by atoms with Crippen molar-refractivity contribution in [3.8, 4) is 11.5 Å². The number of hydroxylamine groups is 1. The van der Waals surface area contributed by atoms with Crippen LogP contribution < -0.4 is 15.0 Å². The van der Waals surface area contributed by atoms with Crippen LogP contribution >= 0.6 is 0 Å². The van der Waals surface area contributed by atoms with Crippen molar-refractivity contribution in [3.63, 3.8) is 0 Å². The molecule has 0 bridgehead atoms. The maximum Gasteiger partial charge on any atom is 0.162 e. The maximum absolute atomic E-state index is 5.99. The Labute approximate surface area is 147 Å². The molecule has 2 aromatic carbocycles. The molecule has 1 unspecified atom stereocenters. The molecule has 0 saturated carbocycles. The van der Waals surface area contributed by atoms with E-state index in [2.05, 4.69) is 11.6 Å². The molecule has 1 spiro atoms. The van der Waals surface area contributed by atoms with Gasteiger partial charge in [0.05, 0.1) is 19.4 Å². The lowest BCUT2D eigenvalue weighted by Gasteiger charge is -2.15. The van der Waals surface area contributed by atoms with Gasteiger partial charge in [0.15, 0.2) is 11.5 Å². The highest BCUT2D eigenvalue weighted by Gasteiger charge is 2.39. The summed E-state index contributed by atoms with van der Waals surface area (Å²) in [6.07, 6.45) is 2.96. The predicted molar refractivity (Wildman–Crippen MR) is 94.1 cm³/mol. The third kappa shape index (κ3) is 3.34. The zero-order valence-corrected chi connectivity index (χ0v) is 14.2. The van der Waals surface area contributed by atoms with Crippen LogP contribution in [-0.2, 0) is 16.2 Å². The van der Waals surface area contributed by atoms with E-state index in [0.29, 0.717) is 24.7 Å². The molecule has 2 aromatic rings. The molecule has 0 amide bonds. The first-order chi connectivity index (χ1) is 12.3. The molecule has 1 fully saturated rings. The normalized spacial score (nSPS) is 21.9. The van der Waals surface area contributed by atoms with Crippen LogP contribution in [0.25, 0.3) is 5.70 Å². The van der Waals surface area contributed by atoms with Crippen molar-refractivity contribution in [1.82, 2.24) is 5.48 Å². The summed E-state index contributed by atoms with van der Waals surface area (Å²) in [4.78, 5) is 5.75. The number of hydrogen-bond acceptors (Lipinski definition) is 5. The van der Waals surface area contributed by atoms with Crippen molar-refractivity contribution in [1.29, 1.82) is 0 Å². The van der Waals surface area contributed by atoms with Crippen LogP contribution in [0.15, 0.2) is 54.6 Å². The maximum atomic E-state index is 5.99. The van der Waals surface area contributed by atoms with Crippen LogP contribution in [0.5, 0.6) is 11.5 Å². The van der Waals surface area contributed by atoms with Gasteiger partial charge in [0.1, 0.15) is 12.2 Å². The SMILES string of the molecule is COc1ccc(C2=CC3(CCOC3)ON2)cc1OCc1ccccc1. The van der Waals surface area contributed by atoms with Gasteiger partial charge in [0.25, 0.3) is 0 Å². The fourth-order valence-electron chi connectivity index (χ4n) is 3.07. The lowest BCUT2D eigenvalue weighted by atomic mass is 10.0. The second-order valence-electron chi connectivity index (χ2n) is 6.27. The van der Waals surface area contributed by atoms with E-state index in [9.17, 15) is 0 Å². The molecule has 1 N–H and O–H groups in total. The minimum Gasteiger partial charge on any atom is -0.493 e. The van der Waals surface area contributed by atoms with Gasteiger partial charge in [0, 0.05) is 18.6 Å². The van der Waals surface area contributed by atoms with Crippen molar-refractivity contribution < 1.29 is 19.0 Å². The molecule has 1 atom stereocenters. The number of rotatable bonds is 5. The fourth-order valence-corrected chi connectivity index (χ4v) is 3.07. The Kier molecular flexibility index (Phi) is 4.34. The molecule has 130 valence electrons. The fraction of sp³-hybridized carbons (Fsp3) is 0.300. The summed E-state index contributed by atoms with van der Waals surface area (Å²) < 4.78 is 16.9. The molecule has 25 heavy (non-hydrogen) atoms. The lowest BCUT2D eigenvalue weighted by Crippen LogP contribution is -2.29. The van der Waals surface area contributed by atoms with E-state index in [4.69, 9.17) is 19.0 Å². The topological polar surface area (TPSA) is 49.0 Å². The largest absolute Gasteiger partial charge is 0.493 e. The van der Waals surface area contributed by atoms with E-state index in [1.807, 2.05) is 48.5 Å². The monoisotopic (exact) mass is 339 g/mol. The standard InChI is InChI=1S/C20H21NO4/c1-22-18-8-7-16(17-12-20(25-21-17)9-10-23-14-20)11-19(18)24-13-15-5-3-2-4-6-15/h2-8,11-12,21H,9-10,13-14H2,1H3. The third-order valence-electron chi connectivity index (χ3n) is 4.50. The third-order valence-corrected chi connectivity index (χ3v) is 4.50. The molecule has 4 rings (SSSR count). The van der Waals surface area contributed by atoms with Crippen molar-refractivity contribution in [2.24, 2.45) is 0 Å². The van der Waals surface area contributed by atoms with Gasteiger partial charge in [-0.2, -0.15) is 0 Å². The quantitative estimate of drug-likeness (QED) is 0.906. The summed E-state index contributed by atoms with van der Waals surface area (Å²) in [7, 11) is 1.64. The van der Waals surface area contributed by atoms with Crippen LogP contribution in [0.1, 0.15) is 17.5 Å². The summed E-state index contributed by atoms with van der Waals surface area (Å²) in [5.74, 6) is 1.41. The van der Waals surface area contributed by atoms with Crippen LogP contribution in [0.3, 0.4) is 0 Å². The Morgan fingerprint density at radius 1 is 1.12 bits per heavy atom. The molecule has 1 saturated heterocycles. The van der Waals surface area contributed by atoms with Crippen molar-refractivity contribution in [2.45, 2.75) is 18.6 Å².